The van der Waals surface area contributed by atoms with Crippen LogP contribution in [-0.4, -0.2) is 24.3 Å². The third-order valence-electron chi connectivity index (χ3n) is 4.11. The van der Waals surface area contributed by atoms with E-state index in [-0.39, 0.29) is 11.7 Å². The molecular weight excluding hydrogens is 336 g/mol. The summed E-state index contributed by atoms with van der Waals surface area (Å²) in [6.45, 7) is 2.19. The van der Waals surface area contributed by atoms with Crippen molar-refractivity contribution in [3.8, 4) is 11.5 Å². The van der Waals surface area contributed by atoms with Gasteiger partial charge in [0.25, 0.3) is 0 Å². The van der Waals surface area contributed by atoms with Crippen LogP contribution >= 0.6 is 15.9 Å². The number of carboxylic acid groups (broad SMARTS) is 1. The molecule has 2 unspecified atom stereocenters. The van der Waals surface area contributed by atoms with Gasteiger partial charge in [0, 0.05) is 0 Å². The number of methoxy groups -OCH3 is 1. The van der Waals surface area contributed by atoms with Gasteiger partial charge in [0.05, 0.1) is 17.1 Å². The van der Waals surface area contributed by atoms with Gasteiger partial charge in [-0.05, 0) is 59.7 Å². The van der Waals surface area contributed by atoms with Crippen molar-refractivity contribution in [1.82, 2.24) is 0 Å². The molecule has 0 heterocycles. The van der Waals surface area contributed by atoms with Crippen LogP contribution in [0.2, 0.25) is 0 Å². The number of carbonyl (C=O) groups is 1. The molecule has 0 amide bonds. The monoisotopic (exact) mass is 356 g/mol. The van der Waals surface area contributed by atoms with Crippen LogP contribution in [0.1, 0.15) is 49.4 Å². The zero-order valence-electron chi connectivity index (χ0n) is 12.4. The fourth-order valence-electron chi connectivity index (χ4n) is 2.90. The third-order valence-corrected chi connectivity index (χ3v) is 4.70. The van der Waals surface area contributed by atoms with E-state index in [1.54, 1.807) is 6.07 Å². The van der Waals surface area contributed by atoms with Crippen molar-refractivity contribution >= 4 is 21.9 Å². The van der Waals surface area contributed by atoms with E-state index in [4.69, 9.17) is 14.6 Å². The first-order chi connectivity index (χ1) is 10.1. The largest absolute Gasteiger partial charge is 0.493 e. The van der Waals surface area contributed by atoms with Crippen LogP contribution in [0.25, 0.3) is 0 Å². The van der Waals surface area contributed by atoms with Crippen molar-refractivity contribution in [1.29, 1.82) is 0 Å². The van der Waals surface area contributed by atoms with Crippen molar-refractivity contribution in [3.05, 3.63) is 22.2 Å². The maximum absolute atomic E-state index is 11.1. The molecule has 2 atom stereocenters. The molecule has 21 heavy (non-hydrogen) atoms. The summed E-state index contributed by atoms with van der Waals surface area (Å²) in [5, 5.41) is 9.10. The van der Waals surface area contributed by atoms with Gasteiger partial charge in [-0.1, -0.05) is 13.3 Å². The highest BCUT2D eigenvalue weighted by atomic mass is 79.9. The Balaban J connectivity index is 2.28. The number of halogens is 1. The predicted octanol–water partition coefficient (Wildman–Crippen LogP) is 4.50. The Morgan fingerprint density at radius 3 is 2.71 bits per heavy atom. The van der Waals surface area contributed by atoms with Gasteiger partial charge < -0.3 is 14.6 Å². The number of benzene rings is 1. The van der Waals surface area contributed by atoms with Crippen LogP contribution in [0, 0.1) is 5.92 Å². The molecule has 1 aliphatic carbocycles. The van der Waals surface area contributed by atoms with Gasteiger partial charge in [-0.25, -0.2) is 4.79 Å². The quantitative estimate of drug-likeness (QED) is 0.843. The number of rotatable bonds is 5. The molecule has 0 saturated heterocycles. The van der Waals surface area contributed by atoms with Gasteiger partial charge in [0.15, 0.2) is 11.5 Å². The molecule has 4 nitrogen and oxygen atoms in total. The fourth-order valence-corrected chi connectivity index (χ4v) is 3.44. The smallest absolute Gasteiger partial charge is 0.335 e. The molecule has 116 valence electrons. The standard InChI is InChI=1S/C16H21BrO4/c1-3-10-6-4-5-7-13(10)21-15-12(17)8-11(16(18)19)9-14(15)20-2/h8-10,13H,3-7H2,1-2H3,(H,18,19). The van der Waals surface area contributed by atoms with Crippen LogP contribution < -0.4 is 9.47 Å². The summed E-state index contributed by atoms with van der Waals surface area (Å²) in [4.78, 5) is 11.1. The molecule has 0 spiro atoms. The molecule has 1 fully saturated rings. The molecule has 5 heteroatoms. The van der Waals surface area contributed by atoms with E-state index < -0.39 is 5.97 Å². The Hall–Kier alpha value is -1.23. The van der Waals surface area contributed by atoms with Crippen molar-refractivity contribution < 1.29 is 19.4 Å². The molecule has 1 saturated carbocycles. The Labute approximate surface area is 133 Å². The van der Waals surface area contributed by atoms with Gasteiger partial charge in [0.2, 0.25) is 0 Å². The molecule has 1 aliphatic rings. The summed E-state index contributed by atoms with van der Waals surface area (Å²) in [7, 11) is 1.53. The summed E-state index contributed by atoms with van der Waals surface area (Å²) in [5.41, 5.74) is 0.182. The lowest BCUT2D eigenvalue weighted by Crippen LogP contribution is -2.30. The molecule has 1 N–H and O–H groups in total. The second-order valence-corrected chi connectivity index (χ2v) is 6.26. The molecule has 1 aromatic carbocycles. The van der Waals surface area contributed by atoms with Crippen LogP contribution in [0.15, 0.2) is 16.6 Å². The summed E-state index contributed by atoms with van der Waals surface area (Å²) in [6.07, 6.45) is 5.92. The van der Waals surface area contributed by atoms with Crippen LogP contribution in [-0.2, 0) is 0 Å². The maximum atomic E-state index is 11.1. The molecule has 0 bridgehead atoms. The Bertz CT molecular complexity index is 515. The van der Waals surface area contributed by atoms with Crippen LogP contribution in [0.4, 0.5) is 0 Å². The number of aromatic carboxylic acids is 1. The van der Waals surface area contributed by atoms with Crippen LogP contribution in [0.3, 0.4) is 0 Å². The average molecular weight is 357 g/mol. The van der Waals surface area contributed by atoms with Crippen molar-refractivity contribution in [3.63, 3.8) is 0 Å². The first-order valence-electron chi connectivity index (χ1n) is 7.34. The lowest BCUT2D eigenvalue weighted by molar-refractivity contribution is 0.0695. The molecular formula is C16H21BrO4. The summed E-state index contributed by atoms with van der Waals surface area (Å²) in [6, 6.07) is 3.07. The minimum Gasteiger partial charge on any atom is -0.493 e. The van der Waals surface area contributed by atoms with E-state index in [0.29, 0.717) is 21.9 Å². The summed E-state index contributed by atoms with van der Waals surface area (Å²) >= 11 is 3.41. The Morgan fingerprint density at radius 2 is 2.10 bits per heavy atom. The van der Waals surface area contributed by atoms with Gasteiger partial charge in [-0.2, -0.15) is 0 Å². The number of hydrogen-bond donors (Lipinski definition) is 1. The lowest BCUT2D eigenvalue weighted by Gasteiger charge is -2.32. The van der Waals surface area contributed by atoms with Gasteiger partial charge in [-0.15, -0.1) is 0 Å². The zero-order valence-corrected chi connectivity index (χ0v) is 14.0. The summed E-state index contributed by atoms with van der Waals surface area (Å²) in [5.74, 6) is 0.634. The van der Waals surface area contributed by atoms with Crippen LogP contribution in [0.5, 0.6) is 11.5 Å². The minimum atomic E-state index is -0.982. The third kappa shape index (κ3) is 3.70. The highest BCUT2D eigenvalue weighted by molar-refractivity contribution is 9.10. The van der Waals surface area contributed by atoms with Crippen molar-refractivity contribution in [2.75, 3.05) is 7.11 Å². The SMILES string of the molecule is CCC1CCCCC1Oc1c(Br)cc(C(=O)O)cc1OC. The second-order valence-electron chi connectivity index (χ2n) is 5.40. The molecule has 1 aromatic rings. The first-order valence-corrected chi connectivity index (χ1v) is 8.13. The fraction of sp³-hybridized carbons (Fsp3) is 0.562. The Morgan fingerprint density at radius 1 is 1.38 bits per heavy atom. The molecule has 2 rings (SSSR count). The van der Waals surface area contributed by atoms with E-state index in [1.807, 2.05) is 0 Å². The van der Waals surface area contributed by atoms with E-state index in [0.717, 1.165) is 12.8 Å². The highest BCUT2D eigenvalue weighted by Crippen LogP contribution is 2.40. The topological polar surface area (TPSA) is 55.8 Å². The van der Waals surface area contributed by atoms with Gasteiger partial charge in [0.1, 0.15) is 6.10 Å². The van der Waals surface area contributed by atoms with E-state index in [2.05, 4.69) is 22.9 Å². The molecule has 0 radical (unpaired) electrons. The van der Waals surface area contributed by atoms with E-state index in [1.165, 1.54) is 32.4 Å². The molecule has 0 aliphatic heterocycles. The number of carboxylic acids is 1. The second kappa shape index (κ2) is 7.16. The zero-order chi connectivity index (χ0) is 15.4. The van der Waals surface area contributed by atoms with E-state index >= 15 is 0 Å². The summed E-state index contributed by atoms with van der Waals surface area (Å²) < 4.78 is 12.1. The van der Waals surface area contributed by atoms with Crippen molar-refractivity contribution in [2.24, 2.45) is 5.92 Å². The minimum absolute atomic E-state index is 0.171. The first kappa shape index (κ1) is 16.1. The maximum Gasteiger partial charge on any atom is 0.335 e. The number of ether oxygens (including phenoxy) is 2. The number of hydrogen-bond acceptors (Lipinski definition) is 3. The lowest BCUT2D eigenvalue weighted by atomic mass is 9.85. The molecule has 0 aromatic heterocycles. The average Bonchev–Trinajstić information content (AvgIpc) is 2.49. The van der Waals surface area contributed by atoms with Crippen molar-refractivity contribution in [2.45, 2.75) is 45.1 Å². The normalized spacial score (nSPS) is 21.9. The van der Waals surface area contributed by atoms with Gasteiger partial charge in [-0.3, -0.25) is 0 Å². The van der Waals surface area contributed by atoms with Gasteiger partial charge >= 0.3 is 5.97 Å². The highest BCUT2D eigenvalue weighted by Gasteiger charge is 2.27. The predicted molar refractivity (Wildman–Crippen MR) is 84.3 cm³/mol. The Kier molecular flexibility index (Phi) is 5.51. The van der Waals surface area contributed by atoms with E-state index in [9.17, 15) is 4.79 Å².